The van der Waals surface area contributed by atoms with E-state index in [0.29, 0.717) is 24.2 Å². The molecule has 1 amide bonds. The minimum atomic E-state index is -1.01. The van der Waals surface area contributed by atoms with Crippen LogP contribution in [0.5, 0.6) is 0 Å². The SMILES string of the molecule is CSCC[C@H](NC(=O)c1ccc(CC=NN2CCCCC2)cc1-c1ccccc1C)C(=O)O. The van der Waals surface area contributed by atoms with E-state index < -0.39 is 12.0 Å². The number of hydrazone groups is 1. The van der Waals surface area contributed by atoms with Gasteiger partial charge in [0, 0.05) is 31.3 Å². The van der Waals surface area contributed by atoms with Crippen molar-refractivity contribution < 1.29 is 14.7 Å². The Balaban J connectivity index is 1.86. The highest BCUT2D eigenvalue weighted by atomic mass is 32.2. The summed E-state index contributed by atoms with van der Waals surface area (Å²) in [6, 6.07) is 12.8. The molecule has 0 radical (unpaired) electrons. The molecule has 1 fully saturated rings. The molecule has 0 bridgehead atoms. The van der Waals surface area contributed by atoms with Gasteiger partial charge < -0.3 is 10.4 Å². The van der Waals surface area contributed by atoms with E-state index in [1.54, 1.807) is 17.8 Å². The number of benzene rings is 2. The van der Waals surface area contributed by atoms with Gasteiger partial charge in [-0.15, -0.1) is 0 Å². The number of amides is 1. The number of hydrogen-bond donors (Lipinski definition) is 2. The van der Waals surface area contributed by atoms with Crippen LogP contribution in [-0.2, 0) is 11.2 Å². The van der Waals surface area contributed by atoms with Crippen molar-refractivity contribution in [1.29, 1.82) is 0 Å². The van der Waals surface area contributed by atoms with E-state index in [-0.39, 0.29) is 5.91 Å². The van der Waals surface area contributed by atoms with Crippen LogP contribution in [0.2, 0.25) is 0 Å². The molecule has 0 spiro atoms. The second-order valence-electron chi connectivity index (χ2n) is 8.36. The molecule has 6 nitrogen and oxygen atoms in total. The average molecular weight is 468 g/mol. The Hall–Kier alpha value is -2.80. The smallest absolute Gasteiger partial charge is 0.326 e. The summed E-state index contributed by atoms with van der Waals surface area (Å²) in [6.07, 6.45) is 8.56. The Morgan fingerprint density at radius 3 is 2.61 bits per heavy atom. The van der Waals surface area contributed by atoms with E-state index in [1.165, 1.54) is 19.3 Å². The monoisotopic (exact) mass is 467 g/mol. The number of piperidine rings is 1. The number of rotatable bonds is 10. The molecule has 0 aromatic heterocycles. The van der Waals surface area contributed by atoms with Crippen LogP contribution in [0.4, 0.5) is 0 Å². The molecule has 7 heteroatoms. The van der Waals surface area contributed by atoms with Crippen LogP contribution in [0.3, 0.4) is 0 Å². The summed E-state index contributed by atoms with van der Waals surface area (Å²) in [5.41, 5.74) is 4.37. The van der Waals surface area contributed by atoms with Crippen LogP contribution in [-0.4, -0.2) is 59.3 Å². The van der Waals surface area contributed by atoms with Crippen LogP contribution in [0.1, 0.15) is 47.2 Å². The fourth-order valence-electron chi connectivity index (χ4n) is 4.00. The third kappa shape index (κ3) is 7.09. The molecule has 0 aliphatic carbocycles. The molecular weight excluding hydrogens is 434 g/mol. The average Bonchev–Trinajstić information content (AvgIpc) is 2.82. The van der Waals surface area contributed by atoms with Crippen molar-refractivity contribution in [3.8, 4) is 11.1 Å². The van der Waals surface area contributed by atoms with Crippen LogP contribution in [0.25, 0.3) is 11.1 Å². The first-order valence-electron chi connectivity index (χ1n) is 11.5. The van der Waals surface area contributed by atoms with Crippen molar-refractivity contribution in [1.82, 2.24) is 10.3 Å². The normalized spacial score (nSPS) is 14.9. The van der Waals surface area contributed by atoms with Crippen molar-refractivity contribution in [3.63, 3.8) is 0 Å². The van der Waals surface area contributed by atoms with Crippen LogP contribution >= 0.6 is 11.8 Å². The molecule has 2 N–H and O–H groups in total. The number of nitrogens with one attached hydrogen (secondary N) is 1. The number of carbonyl (C=O) groups excluding carboxylic acids is 1. The molecule has 176 valence electrons. The lowest BCUT2D eigenvalue weighted by atomic mass is 9.93. The summed E-state index contributed by atoms with van der Waals surface area (Å²) < 4.78 is 0. The Labute approximate surface area is 200 Å². The van der Waals surface area contributed by atoms with Crippen molar-refractivity contribution in [2.45, 2.75) is 45.1 Å². The Morgan fingerprint density at radius 2 is 1.91 bits per heavy atom. The van der Waals surface area contributed by atoms with E-state index in [9.17, 15) is 14.7 Å². The van der Waals surface area contributed by atoms with Crippen LogP contribution in [0.15, 0.2) is 47.6 Å². The Morgan fingerprint density at radius 1 is 1.15 bits per heavy atom. The number of thioether (sulfide) groups is 1. The van der Waals surface area contributed by atoms with Crippen LogP contribution < -0.4 is 5.32 Å². The maximum atomic E-state index is 13.1. The van der Waals surface area contributed by atoms with E-state index in [4.69, 9.17) is 0 Å². The van der Waals surface area contributed by atoms with E-state index in [1.807, 2.05) is 55.8 Å². The summed E-state index contributed by atoms with van der Waals surface area (Å²) in [6.45, 7) is 4.02. The molecule has 2 aromatic carbocycles. The maximum absolute atomic E-state index is 13.1. The number of aryl methyl sites for hydroxylation is 1. The van der Waals surface area contributed by atoms with Crippen molar-refractivity contribution in [2.24, 2.45) is 5.10 Å². The molecule has 2 aromatic rings. The van der Waals surface area contributed by atoms with E-state index in [0.717, 1.165) is 35.3 Å². The van der Waals surface area contributed by atoms with Gasteiger partial charge in [0.05, 0.1) is 0 Å². The standard InChI is InChI=1S/C26H33N3O3S/c1-19-8-4-5-9-21(19)23-18-20(12-14-27-29-15-6-3-7-16-29)10-11-22(23)25(30)28-24(26(31)32)13-17-33-2/h4-5,8-11,14,18,24H,3,6-7,12-13,15-17H2,1-2H3,(H,28,30)(H,31,32)/t24-/m0/s1. The summed E-state index contributed by atoms with van der Waals surface area (Å²) in [7, 11) is 0. The van der Waals surface area contributed by atoms with Gasteiger partial charge in [-0.1, -0.05) is 30.3 Å². The van der Waals surface area contributed by atoms with Gasteiger partial charge in [0.1, 0.15) is 6.04 Å². The number of carbonyl (C=O) groups is 2. The zero-order chi connectivity index (χ0) is 23.6. The lowest BCUT2D eigenvalue weighted by Gasteiger charge is -2.23. The van der Waals surface area contributed by atoms with Gasteiger partial charge in [0.2, 0.25) is 0 Å². The van der Waals surface area contributed by atoms with Crippen molar-refractivity contribution >= 4 is 29.9 Å². The molecular formula is C26H33N3O3S. The highest BCUT2D eigenvalue weighted by Crippen LogP contribution is 2.28. The molecule has 1 atom stereocenters. The number of carboxylic acids is 1. The number of carboxylic acid groups (broad SMARTS) is 1. The van der Waals surface area contributed by atoms with Gasteiger partial charge in [0.15, 0.2) is 0 Å². The van der Waals surface area contributed by atoms with Crippen molar-refractivity contribution in [2.75, 3.05) is 25.1 Å². The van der Waals surface area contributed by atoms with E-state index in [2.05, 4.69) is 15.4 Å². The lowest BCUT2D eigenvalue weighted by Crippen LogP contribution is -2.41. The van der Waals surface area contributed by atoms with E-state index >= 15 is 0 Å². The second-order valence-corrected chi connectivity index (χ2v) is 9.34. The first-order chi connectivity index (χ1) is 16.0. The highest BCUT2D eigenvalue weighted by Gasteiger charge is 2.22. The predicted molar refractivity (Wildman–Crippen MR) is 136 cm³/mol. The zero-order valence-corrected chi connectivity index (χ0v) is 20.2. The summed E-state index contributed by atoms with van der Waals surface area (Å²) >= 11 is 1.56. The Bertz CT molecular complexity index is 986. The summed E-state index contributed by atoms with van der Waals surface area (Å²) in [5.74, 6) is -0.715. The molecule has 33 heavy (non-hydrogen) atoms. The van der Waals surface area contributed by atoms with Gasteiger partial charge in [-0.05, 0) is 79.0 Å². The number of nitrogens with zero attached hydrogens (tertiary/aromatic N) is 2. The molecule has 1 aliphatic rings. The lowest BCUT2D eigenvalue weighted by molar-refractivity contribution is -0.139. The Kier molecular flexibility index (Phi) is 9.36. The number of aliphatic carboxylic acids is 1. The van der Waals surface area contributed by atoms with Gasteiger partial charge in [-0.2, -0.15) is 16.9 Å². The molecule has 1 aliphatic heterocycles. The summed E-state index contributed by atoms with van der Waals surface area (Å²) in [5, 5.41) is 19.0. The fourth-order valence-corrected chi connectivity index (χ4v) is 4.47. The predicted octanol–water partition coefficient (Wildman–Crippen LogP) is 4.61. The number of hydrogen-bond acceptors (Lipinski definition) is 5. The fraction of sp³-hybridized carbons (Fsp3) is 0.423. The van der Waals surface area contributed by atoms with Gasteiger partial charge >= 0.3 is 5.97 Å². The highest BCUT2D eigenvalue weighted by molar-refractivity contribution is 7.98. The molecule has 3 rings (SSSR count). The first-order valence-corrected chi connectivity index (χ1v) is 12.9. The van der Waals surface area contributed by atoms with Gasteiger partial charge in [-0.3, -0.25) is 9.80 Å². The quantitative estimate of drug-likeness (QED) is 0.499. The molecule has 1 saturated heterocycles. The van der Waals surface area contributed by atoms with Crippen LogP contribution in [0, 0.1) is 6.92 Å². The third-order valence-corrected chi connectivity index (χ3v) is 6.53. The minimum absolute atomic E-state index is 0.365. The van der Waals surface area contributed by atoms with Gasteiger partial charge in [0.25, 0.3) is 5.91 Å². The molecule has 0 unspecified atom stereocenters. The van der Waals surface area contributed by atoms with Crippen molar-refractivity contribution in [3.05, 3.63) is 59.2 Å². The molecule has 0 saturated carbocycles. The summed E-state index contributed by atoms with van der Waals surface area (Å²) in [4.78, 5) is 24.8. The topological polar surface area (TPSA) is 82.0 Å². The zero-order valence-electron chi connectivity index (χ0n) is 19.4. The second kappa shape index (κ2) is 12.4. The third-order valence-electron chi connectivity index (χ3n) is 5.88. The largest absolute Gasteiger partial charge is 0.480 e. The maximum Gasteiger partial charge on any atom is 0.326 e. The molecule has 1 heterocycles. The minimum Gasteiger partial charge on any atom is -0.480 e. The van der Waals surface area contributed by atoms with Gasteiger partial charge in [-0.25, -0.2) is 4.79 Å². The first kappa shape index (κ1) is 24.8.